The summed E-state index contributed by atoms with van der Waals surface area (Å²) in [5, 5.41) is -4.42. The van der Waals surface area contributed by atoms with Crippen LogP contribution in [0.4, 0.5) is 27.6 Å². The lowest BCUT2D eigenvalue weighted by Gasteiger charge is -2.36. The molecule has 0 amide bonds. The van der Waals surface area contributed by atoms with E-state index >= 15 is 0 Å². The first-order chi connectivity index (χ1) is 12.4. The van der Waals surface area contributed by atoms with Crippen molar-refractivity contribution in [3.63, 3.8) is 0 Å². The quantitative estimate of drug-likeness (QED) is 0.415. The number of halogens is 6. The van der Waals surface area contributed by atoms with E-state index in [9.17, 15) is 31.5 Å². The number of aromatic nitrogens is 1. The van der Waals surface area contributed by atoms with E-state index in [1.54, 1.807) is 0 Å². The van der Waals surface area contributed by atoms with Crippen molar-refractivity contribution in [3.8, 4) is 0 Å². The summed E-state index contributed by atoms with van der Waals surface area (Å²) in [6, 6.07) is 0. The smallest absolute Gasteiger partial charge is 0.434 e. The first-order valence-corrected chi connectivity index (χ1v) is 8.04. The summed E-state index contributed by atoms with van der Waals surface area (Å²) in [5.41, 5.74) is -6.37. The van der Waals surface area contributed by atoms with Crippen LogP contribution >= 0.6 is 11.6 Å². The van der Waals surface area contributed by atoms with Gasteiger partial charge in [-0.2, -0.15) is 22.0 Å². The number of methoxy groups -OCH3 is 1. The third kappa shape index (κ3) is 4.07. The second-order valence-electron chi connectivity index (χ2n) is 5.46. The molecule has 1 aliphatic heterocycles. The Bertz CT molecular complexity index is 760. The highest BCUT2D eigenvalue weighted by Gasteiger charge is 2.48. The van der Waals surface area contributed by atoms with Crippen LogP contribution in [0.2, 0.25) is 0 Å². The summed E-state index contributed by atoms with van der Waals surface area (Å²) in [6.07, 6.45) is -4.77. The van der Waals surface area contributed by atoms with E-state index < -0.39 is 51.7 Å². The van der Waals surface area contributed by atoms with Crippen molar-refractivity contribution in [1.82, 2.24) is 4.98 Å². The summed E-state index contributed by atoms with van der Waals surface area (Å²) < 4.78 is 77.2. The zero-order valence-electron chi connectivity index (χ0n) is 14.1. The fraction of sp³-hybridized carbons (Fsp3) is 0.533. The molecule has 2 heterocycles. The number of rotatable bonds is 5. The van der Waals surface area contributed by atoms with Crippen molar-refractivity contribution in [2.45, 2.75) is 24.9 Å². The zero-order valence-corrected chi connectivity index (χ0v) is 14.9. The van der Waals surface area contributed by atoms with Crippen LogP contribution in [0, 0.1) is 0 Å². The average Bonchev–Trinajstić information content (AvgIpc) is 2.49. The van der Waals surface area contributed by atoms with Gasteiger partial charge in [0.05, 0.1) is 19.4 Å². The lowest BCUT2D eigenvalue weighted by atomic mass is 9.99. The van der Waals surface area contributed by atoms with Crippen LogP contribution in [0.25, 0.3) is 0 Å². The van der Waals surface area contributed by atoms with Gasteiger partial charge in [0.25, 0.3) is 0 Å². The van der Waals surface area contributed by atoms with Gasteiger partial charge in [-0.15, -0.1) is 0 Å². The maximum absolute atomic E-state index is 13.8. The summed E-state index contributed by atoms with van der Waals surface area (Å²) in [4.78, 5) is 28.4. The van der Waals surface area contributed by atoms with E-state index in [1.807, 2.05) is 0 Å². The number of carbonyl (C=O) groups excluding carboxylic acids is 2. The molecule has 0 radical (unpaired) electrons. The van der Waals surface area contributed by atoms with E-state index in [0.29, 0.717) is 6.42 Å². The maximum Gasteiger partial charge on any atom is 0.434 e. The number of alkyl halides is 6. The molecular formula is C15H14ClF5N2O4. The van der Waals surface area contributed by atoms with Gasteiger partial charge in [0.2, 0.25) is 0 Å². The lowest BCUT2D eigenvalue weighted by Crippen LogP contribution is -2.41. The number of carbonyl (C=O) groups is 2. The fourth-order valence-electron chi connectivity index (χ4n) is 2.53. The van der Waals surface area contributed by atoms with Crippen molar-refractivity contribution >= 4 is 29.2 Å². The van der Waals surface area contributed by atoms with Gasteiger partial charge in [-0.1, -0.05) is 0 Å². The minimum absolute atomic E-state index is 0.130. The molecule has 0 aromatic carbocycles. The molecule has 27 heavy (non-hydrogen) atoms. The Morgan fingerprint density at radius 3 is 2.04 bits per heavy atom. The summed E-state index contributed by atoms with van der Waals surface area (Å²) in [6.45, 7) is 1.33. The second kappa shape index (κ2) is 7.45. The molecule has 0 saturated carbocycles. The molecule has 1 aromatic rings. The molecule has 0 spiro atoms. The van der Waals surface area contributed by atoms with Crippen molar-refractivity contribution in [2.24, 2.45) is 0 Å². The molecule has 1 aromatic heterocycles. The van der Waals surface area contributed by atoms with E-state index in [-0.39, 0.29) is 19.7 Å². The van der Waals surface area contributed by atoms with Crippen LogP contribution in [0.15, 0.2) is 0 Å². The Kier molecular flexibility index (Phi) is 5.83. The van der Waals surface area contributed by atoms with Crippen molar-refractivity contribution in [2.75, 3.05) is 31.7 Å². The number of ether oxygens (including phenoxy) is 2. The minimum Gasteiger partial charge on any atom is -0.465 e. The average molecular weight is 417 g/mol. The summed E-state index contributed by atoms with van der Waals surface area (Å²) in [5.74, 6) is -2.85. The second-order valence-corrected chi connectivity index (χ2v) is 5.93. The number of nitrogens with zero attached hydrogens (tertiary/aromatic N) is 2. The maximum atomic E-state index is 13.8. The van der Waals surface area contributed by atoms with Gasteiger partial charge >= 0.3 is 23.5 Å². The SMILES string of the molecule is CCOC(=O)c1c(C(F)(F)F)nc(C(F)(F)Cl)c(C(=O)OC)c1N1CCC1. The fourth-order valence-corrected chi connectivity index (χ4v) is 2.67. The van der Waals surface area contributed by atoms with Crippen LogP contribution in [0.5, 0.6) is 0 Å². The lowest BCUT2D eigenvalue weighted by molar-refractivity contribution is -0.142. The van der Waals surface area contributed by atoms with Crippen LogP contribution in [-0.2, 0) is 21.0 Å². The molecule has 0 atom stereocenters. The molecule has 0 unspecified atom stereocenters. The van der Waals surface area contributed by atoms with E-state index in [0.717, 1.165) is 7.11 Å². The molecule has 150 valence electrons. The number of anilines is 1. The van der Waals surface area contributed by atoms with Crippen LogP contribution in [0.1, 0.15) is 45.4 Å². The monoisotopic (exact) mass is 416 g/mol. The van der Waals surface area contributed by atoms with Crippen molar-refractivity contribution < 1.29 is 41.0 Å². The topological polar surface area (TPSA) is 68.7 Å². The Hall–Kier alpha value is -2.17. The van der Waals surface area contributed by atoms with Crippen molar-refractivity contribution in [1.29, 1.82) is 0 Å². The molecule has 6 nitrogen and oxygen atoms in total. The van der Waals surface area contributed by atoms with E-state index in [1.165, 1.54) is 11.8 Å². The Balaban J connectivity index is 2.99. The highest BCUT2D eigenvalue weighted by atomic mass is 35.5. The van der Waals surface area contributed by atoms with Gasteiger partial charge in [0, 0.05) is 13.1 Å². The van der Waals surface area contributed by atoms with Gasteiger partial charge in [-0.25, -0.2) is 14.6 Å². The number of hydrogen-bond acceptors (Lipinski definition) is 6. The van der Waals surface area contributed by atoms with Gasteiger partial charge in [0.15, 0.2) is 5.69 Å². The Morgan fingerprint density at radius 1 is 1.11 bits per heavy atom. The third-order valence-corrected chi connectivity index (χ3v) is 3.93. The normalized spacial score (nSPS) is 14.6. The summed E-state index contributed by atoms with van der Waals surface area (Å²) in [7, 11) is 0.847. The minimum atomic E-state index is -5.28. The van der Waals surface area contributed by atoms with E-state index in [2.05, 4.69) is 14.5 Å². The first kappa shape index (κ1) is 21.1. The van der Waals surface area contributed by atoms with E-state index in [4.69, 9.17) is 11.6 Å². The molecule has 1 saturated heterocycles. The third-order valence-electron chi connectivity index (χ3n) is 3.75. The number of pyridine rings is 1. The highest BCUT2D eigenvalue weighted by Crippen LogP contribution is 2.44. The Labute approximate surface area is 155 Å². The first-order valence-electron chi connectivity index (χ1n) is 7.66. The number of esters is 2. The molecule has 1 aliphatic rings. The van der Waals surface area contributed by atoms with Gasteiger partial charge in [-0.05, 0) is 24.9 Å². The molecule has 0 aliphatic carbocycles. The summed E-state index contributed by atoms with van der Waals surface area (Å²) >= 11 is 4.91. The highest BCUT2D eigenvalue weighted by molar-refractivity contribution is 6.22. The van der Waals surface area contributed by atoms with Crippen LogP contribution in [-0.4, -0.2) is 43.7 Å². The largest absolute Gasteiger partial charge is 0.465 e. The Morgan fingerprint density at radius 2 is 1.67 bits per heavy atom. The van der Waals surface area contributed by atoms with Crippen LogP contribution in [0.3, 0.4) is 0 Å². The predicted molar refractivity (Wildman–Crippen MR) is 83.1 cm³/mol. The molecular weight excluding hydrogens is 403 g/mol. The van der Waals surface area contributed by atoms with Gasteiger partial charge in [-0.3, -0.25) is 0 Å². The van der Waals surface area contributed by atoms with Crippen LogP contribution < -0.4 is 4.90 Å². The predicted octanol–water partition coefficient (Wildman–Crippen LogP) is 3.56. The van der Waals surface area contributed by atoms with Gasteiger partial charge in [0.1, 0.15) is 16.8 Å². The molecule has 0 N–H and O–H groups in total. The number of hydrogen-bond donors (Lipinski definition) is 0. The van der Waals surface area contributed by atoms with Crippen molar-refractivity contribution in [3.05, 3.63) is 22.5 Å². The molecule has 1 fully saturated rings. The van der Waals surface area contributed by atoms with Gasteiger partial charge < -0.3 is 14.4 Å². The standard InChI is InChI=1S/C15H14ClF5N2O4/c1-3-27-13(25)8-9(23-5-4-6-23)7(12(24)26-2)10(14(16,17)18)22-11(8)15(19,20)21/h3-6H2,1-2H3. The molecule has 2 rings (SSSR count). The zero-order chi connectivity index (χ0) is 20.6. The molecule has 12 heteroatoms. The molecule has 0 bridgehead atoms.